The zero-order chi connectivity index (χ0) is 11.9. The monoisotopic (exact) mass is 230 g/mol. The fourth-order valence-corrected chi connectivity index (χ4v) is 1.56. The molecule has 0 saturated heterocycles. The second-order valence-electron chi connectivity index (χ2n) is 5.01. The molecule has 0 bridgehead atoms. The Morgan fingerprint density at radius 2 is 1.80 bits per heavy atom. The summed E-state index contributed by atoms with van der Waals surface area (Å²) in [7, 11) is 2.18. The average Bonchev–Trinajstić information content (AvgIpc) is 2.14. The molecule has 0 heterocycles. The third kappa shape index (κ3) is 6.85. The number of nitrogens with two attached hydrogens (primary N) is 1. The smallest absolute Gasteiger partial charge is 0.0784 e. The van der Waals surface area contributed by atoms with Crippen LogP contribution in [0.4, 0.5) is 0 Å². The molecule has 0 rings (SSSR count). The summed E-state index contributed by atoms with van der Waals surface area (Å²) in [6.07, 6.45) is 4.81. The maximum Gasteiger partial charge on any atom is 0.0784 e. The minimum atomic E-state index is 0.0148. The molecule has 3 heteroatoms. The van der Waals surface area contributed by atoms with Crippen molar-refractivity contribution in [1.82, 2.24) is 4.90 Å². The summed E-state index contributed by atoms with van der Waals surface area (Å²) >= 11 is 5.04. The number of unbranched alkanes of at least 4 members (excludes halogenated alkanes) is 1. The van der Waals surface area contributed by atoms with Crippen LogP contribution in [0.3, 0.4) is 0 Å². The highest BCUT2D eigenvalue weighted by molar-refractivity contribution is 7.80. The second kappa shape index (κ2) is 7.18. The van der Waals surface area contributed by atoms with Gasteiger partial charge in [0.1, 0.15) is 0 Å². The van der Waals surface area contributed by atoms with E-state index in [-0.39, 0.29) is 5.41 Å². The van der Waals surface area contributed by atoms with Crippen molar-refractivity contribution in [3.63, 3.8) is 0 Å². The van der Waals surface area contributed by atoms with E-state index in [1.54, 1.807) is 0 Å². The maximum absolute atomic E-state index is 5.69. The molecule has 90 valence electrons. The first-order valence-corrected chi connectivity index (χ1v) is 6.29. The molecule has 0 aliphatic rings. The van der Waals surface area contributed by atoms with Gasteiger partial charge in [-0.1, -0.05) is 39.4 Å². The molecule has 15 heavy (non-hydrogen) atoms. The molecule has 0 fully saturated rings. The van der Waals surface area contributed by atoms with Crippen LogP contribution in [0.15, 0.2) is 0 Å². The number of thiocarbonyl (C=S) groups is 1. The molecule has 0 aliphatic heterocycles. The van der Waals surface area contributed by atoms with Crippen LogP contribution in [0.2, 0.25) is 0 Å². The zero-order valence-corrected chi connectivity index (χ0v) is 11.5. The lowest BCUT2D eigenvalue weighted by molar-refractivity contribution is 0.303. The van der Waals surface area contributed by atoms with Gasteiger partial charge in [0.2, 0.25) is 0 Å². The average molecular weight is 230 g/mol. The van der Waals surface area contributed by atoms with E-state index in [9.17, 15) is 0 Å². The van der Waals surface area contributed by atoms with Crippen molar-refractivity contribution in [2.24, 2.45) is 11.1 Å². The van der Waals surface area contributed by atoms with Crippen molar-refractivity contribution in [3.8, 4) is 0 Å². The largest absolute Gasteiger partial charge is 0.393 e. The summed E-state index contributed by atoms with van der Waals surface area (Å²) in [5.41, 5.74) is 5.70. The van der Waals surface area contributed by atoms with Gasteiger partial charge in [0.15, 0.2) is 0 Å². The molecule has 0 aromatic carbocycles. The Morgan fingerprint density at radius 3 is 2.27 bits per heavy atom. The topological polar surface area (TPSA) is 29.3 Å². The number of hydrogen-bond donors (Lipinski definition) is 1. The van der Waals surface area contributed by atoms with Gasteiger partial charge >= 0.3 is 0 Å². The molecule has 0 atom stereocenters. The third-order valence-electron chi connectivity index (χ3n) is 2.90. The fraction of sp³-hybridized carbons (Fsp3) is 0.917. The van der Waals surface area contributed by atoms with Crippen LogP contribution < -0.4 is 5.73 Å². The molecule has 2 nitrogen and oxygen atoms in total. The summed E-state index contributed by atoms with van der Waals surface area (Å²) in [6.45, 7) is 8.82. The molecule has 0 radical (unpaired) electrons. The van der Waals surface area contributed by atoms with Gasteiger partial charge in [-0.05, 0) is 39.4 Å². The Bertz CT molecular complexity index is 190. The second-order valence-corrected chi connectivity index (χ2v) is 5.45. The van der Waals surface area contributed by atoms with Gasteiger partial charge in [-0.15, -0.1) is 0 Å². The van der Waals surface area contributed by atoms with Crippen molar-refractivity contribution in [2.45, 2.75) is 46.5 Å². The van der Waals surface area contributed by atoms with E-state index in [2.05, 4.69) is 32.7 Å². The van der Waals surface area contributed by atoms with E-state index in [4.69, 9.17) is 18.0 Å². The van der Waals surface area contributed by atoms with Crippen LogP contribution >= 0.6 is 12.2 Å². The van der Waals surface area contributed by atoms with Crippen molar-refractivity contribution < 1.29 is 0 Å². The van der Waals surface area contributed by atoms with Crippen LogP contribution in [0.1, 0.15) is 46.5 Å². The highest BCUT2D eigenvalue weighted by Crippen LogP contribution is 2.22. The van der Waals surface area contributed by atoms with E-state index in [0.29, 0.717) is 4.99 Å². The summed E-state index contributed by atoms with van der Waals surface area (Å²) in [5, 5.41) is 0. The molecule has 2 N–H and O–H groups in total. The lowest BCUT2D eigenvalue weighted by Crippen LogP contribution is -2.31. The summed E-state index contributed by atoms with van der Waals surface area (Å²) in [4.78, 5) is 3.03. The van der Waals surface area contributed by atoms with Crippen molar-refractivity contribution in [1.29, 1.82) is 0 Å². The van der Waals surface area contributed by atoms with Gasteiger partial charge in [0.05, 0.1) is 4.99 Å². The first-order valence-electron chi connectivity index (χ1n) is 5.88. The van der Waals surface area contributed by atoms with Gasteiger partial charge in [-0.25, -0.2) is 0 Å². The molecule has 0 saturated carbocycles. The van der Waals surface area contributed by atoms with Crippen LogP contribution in [0.5, 0.6) is 0 Å². The van der Waals surface area contributed by atoms with E-state index < -0.39 is 0 Å². The van der Waals surface area contributed by atoms with Crippen LogP contribution in [-0.2, 0) is 0 Å². The number of rotatable bonds is 8. The Kier molecular flexibility index (Phi) is 7.11. The maximum atomic E-state index is 5.69. The van der Waals surface area contributed by atoms with E-state index in [1.807, 2.05) is 0 Å². The van der Waals surface area contributed by atoms with Crippen molar-refractivity contribution in [3.05, 3.63) is 0 Å². The highest BCUT2D eigenvalue weighted by Gasteiger charge is 2.20. The zero-order valence-electron chi connectivity index (χ0n) is 10.7. The van der Waals surface area contributed by atoms with Gasteiger partial charge < -0.3 is 10.6 Å². The van der Waals surface area contributed by atoms with E-state index in [1.165, 1.54) is 25.8 Å². The molecule has 0 aliphatic carbocycles. The van der Waals surface area contributed by atoms with Crippen LogP contribution in [-0.4, -0.2) is 30.0 Å². The first kappa shape index (κ1) is 14.8. The predicted molar refractivity (Wildman–Crippen MR) is 72.2 cm³/mol. The SMILES string of the molecule is CCCCN(C)CCCC(C)(C)C(N)=S. The van der Waals surface area contributed by atoms with Gasteiger partial charge in [-0.2, -0.15) is 0 Å². The van der Waals surface area contributed by atoms with Crippen molar-refractivity contribution in [2.75, 3.05) is 20.1 Å². The van der Waals surface area contributed by atoms with Gasteiger partial charge in [-0.3, -0.25) is 0 Å². The fourth-order valence-electron chi connectivity index (χ4n) is 1.45. The normalized spacial score (nSPS) is 12.1. The number of nitrogens with zero attached hydrogens (tertiary/aromatic N) is 1. The molecule has 0 spiro atoms. The molecular weight excluding hydrogens is 204 g/mol. The molecule has 0 amide bonds. The Hall–Kier alpha value is -0.150. The van der Waals surface area contributed by atoms with E-state index in [0.717, 1.165) is 13.0 Å². The predicted octanol–water partition coefficient (Wildman–Crippen LogP) is 2.81. The Morgan fingerprint density at radius 1 is 1.27 bits per heavy atom. The molecule has 0 aromatic rings. The van der Waals surface area contributed by atoms with Gasteiger partial charge in [0.25, 0.3) is 0 Å². The minimum Gasteiger partial charge on any atom is -0.393 e. The molecule has 0 unspecified atom stereocenters. The Balaban J connectivity index is 3.65. The molecule has 0 aromatic heterocycles. The minimum absolute atomic E-state index is 0.0148. The first-order chi connectivity index (χ1) is 6.90. The van der Waals surface area contributed by atoms with Gasteiger partial charge in [0, 0.05) is 5.41 Å². The number of hydrogen-bond acceptors (Lipinski definition) is 2. The summed E-state index contributed by atoms with van der Waals surface area (Å²) < 4.78 is 0. The molecular formula is C12H26N2S. The third-order valence-corrected chi connectivity index (χ3v) is 3.45. The summed E-state index contributed by atoms with van der Waals surface area (Å²) in [5.74, 6) is 0. The standard InChI is InChI=1S/C12H26N2S/c1-5-6-9-14(4)10-7-8-12(2,3)11(13)15/h5-10H2,1-4H3,(H2,13,15). The lowest BCUT2D eigenvalue weighted by atomic mass is 9.88. The Labute approximate surface area is 100 Å². The highest BCUT2D eigenvalue weighted by atomic mass is 32.1. The quantitative estimate of drug-likeness (QED) is 0.650. The van der Waals surface area contributed by atoms with Crippen LogP contribution in [0, 0.1) is 5.41 Å². The van der Waals surface area contributed by atoms with Crippen molar-refractivity contribution >= 4 is 17.2 Å². The summed E-state index contributed by atoms with van der Waals surface area (Å²) in [6, 6.07) is 0. The lowest BCUT2D eigenvalue weighted by Gasteiger charge is -2.24. The van der Waals surface area contributed by atoms with Crippen LogP contribution in [0.25, 0.3) is 0 Å². The van der Waals surface area contributed by atoms with E-state index >= 15 is 0 Å².